The Morgan fingerprint density at radius 1 is 1.29 bits per heavy atom. The number of carbonyl (C=O) groups is 1. The summed E-state index contributed by atoms with van der Waals surface area (Å²) in [5.74, 6) is -0.417. The third-order valence-corrected chi connectivity index (χ3v) is 4.50. The molecule has 1 aromatic carbocycles. The van der Waals surface area contributed by atoms with Crippen LogP contribution in [0.4, 0.5) is 0 Å². The highest BCUT2D eigenvalue weighted by molar-refractivity contribution is 8.13. The fraction of sp³-hybridized carbons (Fsp3) is 0.500. The molecule has 0 aliphatic rings. The summed E-state index contributed by atoms with van der Waals surface area (Å²) in [6.07, 6.45) is -0.271. The van der Waals surface area contributed by atoms with Gasteiger partial charge in [0.05, 0.1) is 17.1 Å². The van der Waals surface area contributed by atoms with Crippen molar-refractivity contribution in [3.05, 3.63) is 29.3 Å². The first-order valence-corrected chi connectivity index (χ1v) is 8.75. The van der Waals surface area contributed by atoms with E-state index in [0.29, 0.717) is 5.56 Å². The number of esters is 1. The molecule has 1 unspecified atom stereocenters. The molecule has 5 nitrogen and oxygen atoms in total. The van der Waals surface area contributed by atoms with E-state index in [2.05, 4.69) is 0 Å². The average Bonchev–Trinajstić information content (AvgIpc) is 2.37. The Labute approximate surface area is 129 Å². The molecule has 0 aromatic heterocycles. The first-order valence-electron chi connectivity index (χ1n) is 6.44. The van der Waals surface area contributed by atoms with E-state index in [9.17, 15) is 13.2 Å². The molecule has 0 fully saturated rings. The van der Waals surface area contributed by atoms with E-state index >= 15 is 0 Å². The van der Waals surface area contributed by atoms with Crippen LogP contribution in [-0.2, 0) is 25.1 Å². The quantitative estimate of drug-likeness (QED) is 0.591. The van der Waals surface area contributed by atoms with Gasteiger partial charge in [-0.05, 0) is 30.5 Å². The Kier molecular flexibility index (Phi) is 6.19. The molecule has 0 saturated carbocycles. The highest BCUT2D eigenvalue weighted by Crippen LogP contribution is 2.23. The fourth-order valence-electron chi connectivity index (χ4n) is 1.56. The summed E-state index contributed by atoms with van der Waals surface area (Å²) in [7, 11) is 2.87. The maximum absolute atomic E-state index is 12.0. The van der Waals surface area contributed by atoms with Gasteiger partial charge in [-0.3, -0.25) is 0 Å². The van der Waals surface area contributed by atoms with Gasteiger partial charge in [0, 0.05) is 17.8 Å². The highest BCUT2D eigenvalue weighted by Gasteiger charge is 2.20. The number of carbonyl (C=O) groups excluding carboxylic acids is 1. The van der Waals surface area contributed by atoms with E-state index < -0.39 is 15.0 Å². The molecular formula is C14H19ClO5S. The van der Waals surface area contributed by atoms with Crippen LogP contribution in [0.2, 0.25) is 0 Å². The second-order valence-corrected chi connectivity index (χ2v) is 7.58. The highest BCUT2D eigenvalue weighted by atomic mass is 35.7. The van der Waals surface area contributed by atoms with Crippen LogP contribution < -0.4 is 0 Å². The first-order chi connectivity index (χ1) is 9.66. The Morgan fingerprint density at radius 2 is 1.90 bits per heavy atom. The minimum atomic E-state index is -3.97. The lowest BCUT2D eigenvalue weighted by molar-refractivity contribution is 0.0237. The Bertz CT molecular complexity index is 610. The van der Waals surface area contributed by atoms with E-state index in [0.717, 1.165) is 0 Å². The standard InChI is InChI=1S/C14H19ClO5S/c1-9(2)10(3)20-14(16)11-5-6-12(8-19-4)13(7-11)21(15,17)18/h5-7,9-10H,8H2,1-4H3. The van der Waals surface area contributed by atoms with Gasteiger partial charge in [0.15, 0.2) is 0 Å². The van der Waals surface area contributed by atoms with Gasteiger partial charge in [-0.25, -0.2) is 13.2 Å². The molecule has 0 spiro atoms. The molecule has 1 atom stereocenters. The molecule has 0 N–H and O–H groups in total. The minimum Gasteiger partial charge on any atom is -0.459 e. The summed E-state index contributed by atoms with van der Waals surface area (Å²) >= 11 is 0. The maximum Gasteiger partial charge on any atom is 0.338 e. The number of benzene rings is 1. The lowest BCUT2D eigenvalue weighted by Crippen LogP contribution is -2.20. The summed E-state index contributed by atoms with van der Waals surface area (Å²) in [5, 5.41) is 0. The molecule has 0 aliphatic carbocycles. The predicted molar refractivity (Wildman–Crippen MR) is 79.9 cm³/mol. The van der Waals surface area contributed by atoms with Gasteiger partial charge in [0.25, 0.3) is 9.05 Å². The first kappa shape index (κ1) is 17.9. The minimum absolute atomic E-state index is 0.0823. The van der Waals surface area contributed by atoms with E-state index in [1.54, 1.807) is 6.92 Å². The van der Waals surface area contributed by atoms with Crippen molar-refractivity contribution in [3.8, 4) is 0 Å². The maximum atomic E-state index is 12.0. The van der Waals surface area contributed by atoms with Gasteiger partial charge in [-0.1, -0.05) is 19.9 Å². The van der Waals surface area contributed by atoms with Crippen molar-refractivity contribution < 1.29 is 22.7 Å². The molecule has 0 radical (unpaired) electrons. The van der Waals surface area contributed by atoms with Gasteiger partial charge in [0.1, 0.15) is 6.10 Å². The normalized spacial score (nSPS) is 13.2. The van der Waals surface area contributed by atoms with Crippen molar-refractivity contribution in [1.29, 1.82) is 0 Å². The molecule has 118 valence electrons. The van der Waals surface area contributed by atoms with Crippen molar-refractivity contribution in [3.63, 3.8) is 0 Å². The van der Waals surface area contributed by atoms with Crippen molar-refractivity contribution in [1.82, 2.24) is 0 Å². The Balaban J connectivity index is 3.14. The zero-order valence-electron chi connectivity index (χ0n) is 12.4. The molecule has 0 saturated heterocycles. The van der Waals surface area contributed by atoms with Crippen LogP contribution in [0.3, 0.4) is 0 Å². The summed E-state index contributed by atoms with van der Waals surface area (Å²) in [4.78, 5) is 11.9. The van der Waals surface area contributed by atoms with Crippen LogP contribution in [0, 0.1) is 5.92 Å². The van der Waals surface area contributed by atoms with Crippen LogP contribution in [0.25, 0.3) is 0 Å². The summed E-state index contributed by atoms with van der Waals surface area (Å²) in [6, 6.07) is 4.21. The van der Waals surface area contributed by atoms with Gasteiger partial charge in [-0.2, -0.15) is 0 Å². The lowest BCUT2D eigenvalue weighted by atomic mass is 10.1. The van der Waals surface area contributed by atoms with E-state index in [-0.39, 0.29) is 29.1 Å². The zero-order chi connectivity index (χ0) is 16.2. The molecule has 0 bridgehead atoms. The largest absolute Gasteiger partial charge is 0.459 e. The number of hydrogen-bond acceptors (Lipinski definition) is 5. The molecule has 0 amide bonds. The second kappa shape index (κ2) is 7.24. The summed E-state index contributed by atoms with van der Waals surface area (Å²) in [5.41, 5.74) is 0.530. The predicted octanol–water partition coefficient (Wildman–Crippen LogP) is 2.96. The average molecular weight is 335 g/mol. The number of ether oxygens (including phenoxy) is 2. The van der Waals surface area contributed by atoms with Gasteiger partial charge in [0.2, 0.25) is 0 Å². The number of hydrogen-bond donors (Lipinski definition) is 0. The molecule has 0 heterocycles. The summed E-state index contributed by atoms with van der Waals surface area (Å²) in [6.45, 7) is 5.71. The van der Waals surface area contributed by atoms with Crippen molar-refractivity contribution >= 4 is 25.7 Å². The van der Waals surface area contributed by atoms with Crippen LogP contribution in [0.5, 0.6) is 0 Å². The number of rotatable bonds is 6. The van der Waals surface area contributed by atoms with E-state index in [1.165, 1.54) is 25.3 Å². The smallest absolute Gasteiger partial charge is 0.338 e. The number of methoxy groups -OCH3 is 1. The molecule has 0 aliphatic heterocycles. The van der Waals surface area contributed by atoms with Crippen molar-refractivity contribution in [2.24, 2.45) is 5.92 Å². The third kappa shape index (κ3) is 4.98. The molecule has 1 aromatic rings. The van der Waals surface area contributed by atoms with Crippen LogP contribution in [0.15, 0.2) is 23.1 Å². The van der Waals surface area contributed by atoms with E-state index in [4.69, 9.17) is 20.2 Å². The van der Waals surface area contributed by atoms with Gasteiger partial charge >= 0.3 is 5.97 Å². The SMILES string of the molecule is COCc1ccc(C(=O)OC(C)C(C)C)cc1S(=O)(=O)Cl. The Morgan fingerprint density at radius 3 is 2.38 bits per heavy atom. The number of halogens is 1. The van der Waals surface area contributed by atoms with Gasteiger partial charge in [-0.15, -0.1) is 0 Å². The van der Waals surface area contributed by atoms with Crippen LogP contribution >= 0.6 is 10.7 Å². The third-order valence-electron chi connectivity index (χ3n) is 3.10. The molecular weight excluding hydrogens is 316 g/mol. The molecule has 1 rings (SSSR count). The topological polar surface area (TPSA) is 69.7 Å². The van der Waals surface area contributed by atoms with E-state index in [1.807, 2.05) is 13.8 Å². The van der Waals surface area contributed by atoms with Crippen LogP contribution in [-0.4, -0.2) is 27.6 Å². The van der Waals surface area contributed by atoms with Crippen LogP contribution in [0.1, 0.15) is 36.7 Å². The van der Waals surface area contributed by atoms with Crippen molar-refractivity contribution in [2.45, 2.75) is 38.4 Å². The zero-order valence-corrected chi connectivity index (χ0v) is 14.0. The van der Waals surface area contributed by atoms with Gasteiger partial charge < -0.3 is 9.47 Å². The lowest BCUT2D eigenvalue weighted by Gasteiger charge is -2.17. The Hall–Kier alpha value is -1.11. The summed E-state index contributed by atoms with van der Waals surface area (Å²) < 4.78 is 33.4. The fourth-order valence-corrected chi connectivity index (χ4v) is 2.69. The molecule has 7 heteroatoms. The second-order valence-electron chi connectivity index (χ2n) is 5.05. The van der Waals surface area contributed by atoms with Crippen molar-refractivity contribution in [2.75, 3.05) is 7.11 Å². The monoisotopic (exact) mass is 334 g/mol. The molecule has 21 heavy (non-hydrogen) atoms.